The summed E-state index contributed by atoms with van der Waals surface area (Å²) in [6.45, 7) is 0. The van der Waals surface area contributed by atoms with Crippen LogP contribution >= 0.6 is 0 Å². The highest BCUT2D eigenvalue weighted by molar-refractivity contribution is 5.24. The lowest BCUT2D eigenvalue weighted by molar-refractivity contribution is -0.277. The first-order valence-corrected chi connectivity index (χ1v) is 4.50. The molecule has 4 fully saturated rings. The van der Waals surface area contributed by atoms with E-state index in [4.69, 9.17) is 18.9 Å². The number of epoxide rings is 2. The lowest BCUT2D eigenvalue weighted by Crippen LogP contribution is -2.52. The number of ether oxygens (including phenoxy) is 4. The molecule has 7 atom stereocenters. The summed E-state index contributed by atoms with van der Waals surface area (Å²) in [5.74, 6) is -0.723. The van der Waals surface area contributed by atoms with E-state index in [9.17, 15) is 5.11 Å². The third-order valence-corrected chi connectivity index (χ3v) is 3.48. The van der Waals surface area contributed by atoms with Crippen molar-refractivity contribution in [1.29, 1.82) is 0 Å². The van der Waals surface area contributed by atoms with Gasteiger partial charge in [0.15, 0.2) is 0 Å². The summed E-state index contributed by atoms with van der Waals surface area (Å²) in [6.07, 6.45) is -1.06. The van der Waals surface area contributed by atoms with Crippen molar-refractivity contribution in [2.75, 3.05) is 7.11 Å². The Bertz CT molecular complexity index is 282. The van der Waals surface area contributed by atoms with Gasteiger partial charge in [-0.2, -0.15) is 0 Å². The molecule has 72 valence electrons. The summed E-state index contributed by atoms with van der Waals surface area (Å²) in [6, 6.07) is 0. The maximum Gasteiger partial charge on any atom is 0.227 e. The molecule has 4 rings (SSSR count). The summed E-state index contributed by atoms with van der Waals surface area (Å²) in [7, 11) is 1.59. The Hall–Kier alpha value is -0.200. The van der Waals surface area contributed by atoms with Gasteiger partial charge in [0.25, 0.3) is 0 Å². The van der Waals surface area contributed by atoms with Gasteiger partial charge in [0.1, 0.15) is 36.6 Å². The van der Waals surface area contributed by atoms with E-state index in [0.29, 0.717) is 0 Å². The molecule has 0 aromatic carbocycles. The smallest absolute Gasteiger partial charge is 0.227 e. The Morgan fingerprint density at radius 1 is 1.15 bits per heavy atom. The van der Waals surface area contributed by atoms with Gasteiger partial charge in [0.2, 0.25) is 5.79 Å². The third-order valence-electron chi connectivity index (χ3n) is 3.48. The number of methoxy groups -OCH3 is 1. The van der Waals surface area contributed by atoms with Crippen molar-refractivity contribution < 1.29 is 24.1 Å². The van der Waals surface area contributed by atoms with Crippen molar-refractivity contribution >= 4 is 0 Å². The van der Waals surface area contributed by atoms with Crippen LogP contribution in [0.5, 0.6) is 0 Å². The molecule has 5 nitrogen and oxygen atoms in total. The van der Waals surface area contributed by atoms with Crippen LogP contribution in [0.4, 0.5) is 0 Å². The van der Waals surface area contributed by atoms with Crippen LogP contribution in [-0.2, 0) is 18.9 Å². The van der Waals surface area contributed by atoms with E-state index < -0.39 is 11.9 Å². The van der Waals surface area contributed by atoms with E-state index in [-0.39, 0.29) is 30.5 Å². The van der Waals surface area contributed by atoms with Gasteiger partial charge in [0.05, 0.1) is 0 Å². The SMILES string of the molecule is COC12OC(C(O)C3OC31)C1OC12. The van der Waals surface area contributed by atoms with E-state index in [2.05, 4.69) is 0 Å². The highest BCUT2D eigenvalue weighted by Crippen LogP contribution is 2.59. The molecule has 2 bridgehead atoms. The first-order valence-electron chi connectivity index (χ1n) is 4.50. The van der Waals surface area contributed by atoms with Crippen LogP contribution in [0.3, 0.4) is 0 Å². The normalized spacial score (nSPS) is 71.5. The molecule has 1 N–H and O–H groups in total. The van der Waals surface area contributed by atoms with E-state index in [1.165, 1.54) is 0 Å². The average Bonchev–Trinajstić information content (AvgIpc) is 2.98. The van der Waals surface area contributed by atoms with Crippen molar-refractivity contribution in [3.63, 3.8) is 0 Å². The molecule has 13 heavy (non-hydrogen) atoms. The minimum absolute atomic E-state index is 0.0198. The van der Waals surface area contributed by atoms with Crippen LogP contribution in [0.1, 0.15) is 0 Å². The Morgan fingerprint density at radius 3 is 2.62 bits per heavy atom. The molecule has 0 aromatic rings. The molecule has 0 saturated carbocycles. The number of aliphatic hydroxyl groups excluding tert-OH is 1. The molecule has 5 heteroatoms. The summed E-state index contributed by atoms with van der Waals surface area (Å²) >= 11 is 0. The second kappa shape index (κ2) is 1.78. The van der Waals surface area contributed by atoms with Crippen LogP contribution in [0.2, 0.25) is 0 Å². The zero-order valence-electron chi connectivity index (χ0n) is 7.04. The van der Waals surface area contributed by atoms with Gasteiger partial charge in [-0.3, -0.25) is 0 Å². The summed E-state index contributed by atoms with van der Waals surface area (Å²) in [4.78, 5) is 0. The molecule has 7 unspecified atom stereocenters. The maximum atomic E-state index is 9.73. The number of fused-ring (bicyclic) bond motifs is 7. The van der Waals surface area contributed by atoms with E-state index in [1.807, 2.05) is 0 Å². The molecule has 0 radical (unpaired) electrons. The quantitative estimate of drug-likeness (QED) is 0.512. The third kappa shape index (κ3) is 0.591. The minimum atomic E-state index is -0.723. The molecule has 4 aliphatic rings. The Balaban J connectivity index is 1.80. The highest BCUT2D eigenvalue weighted by atomic mass is 16.8. The van der Waals surface area contributed by atoms with Gasteiger partial charge >= 0.3 is 0 Å². The van der Waals surface area contributed by atoms with Crippen molar-refractivity contribution in [3.05, 3.63) is 0 Å². The molecule has 0 aromatic heterocycles. The summed E-state index contributed by atoms with van der Waals surface area (Å²) < 4.78 is 21.7. The number of rotatable bonds is 1. The lowest BCUT2D eigenvalue weighted by Gasteiger charge is -2.33. The minimum Gasteiger partial charge on any atom is -0.387 e. The molecule has 0 spiro atoms. The highest BCUT2D eigenvalue weighted by Gasteiger charge is 2.82. The van der Waals surface area contributed by atoms with Gasteiger partial charge in [0, 0.05) is 7.11 Å². The predicted molar refractivity (Wildman–Crippen MR) is 37.9 cm³/mol. The number of hydrogen-bond donors (Lipinski definition) is 1. The predicted octanol–water partition coefficient (Wildman–Crippen LogP) is -1.36. The molecular weight excluding hydrogens is 176 g/mol. The second-order valence-electron chi connectivity index (χ2n) is 4.04. The fourth-order valence-corrected chi connectivity index (χ4v) is 2.71. The number of hydrogen-bond acceptors (Lipinski definition) is 5. The first kappa shape index (κ1) is 7.14. The topological polar surface area (TPSA) is 63.8 Å². The zero-order chi connectivity index (χ0) is 8.79. The number of aliphatic hydroxyl groups is 1. The molecular formula is C8H10O5. The summed E-state index contributed by atoms with van der Waals surface area (Å²) in [5.41, 5.74) is 0. The fraction of sp³-hybridized carbons (Fsp3) is 1.00. The van der Waals surface area contributed by atoms with Crippen molar-refractivity contribution in [2.24, 2.45) is 0 Å². The largest absolute Gasteiger partial charge is 0.387 e. The fourth-order valence-electron chi connectivity index (χ4n) is 2.71. The average molecular weight is 186 g/mol. The van der Waals surface area contributed by atoms with Gasteiger partial charge < -0.3 is 24.1 Å². The van der Waals surface area contributed by atoms with Gasteiger partial charge in [-0.1, -0.05) is 0 Å². The maximum absolute atomic E-state index is 9.73. The Morgan fingerprint density at radius 2 is 1.85 bits per heavy atom. The van der Waals surface area contributed by atoms with Crippen LogP contribution in [0, 0.1) is 0 Å². The standard InChI is InChI=1S/C8H10O5/c1-10-8-6-4(11-6)2(9)3(13-8)5-7(8)12-5/h2-7,9H,1H3. The molecule has 4 saturated heterocycles. The van der Waals surface area contributed by atoms with Gasteiger partial charge in [-0.15, -0.1) is 0 Å². The van der Waals surface area contributed by atoms with Crippen molar-refractivity contribution in [1.82, 2.24) is 0 Å². The second-order valence-corrected chi connectivity index (χ2v) is 4.04. The molecule has 4 aliphatic heterocycles. The Kier molecular flexibility index (Phi) is 0.978. The van der Waals surface area contributed by atoms with Crippen LogP contribution in [-0.4, -0.2) is 54.6 Å². The molecule has 4 heterocycles. The van der Waals surface area contributed by atoms with Gasteiger partial charge in [-0.25, -0.2) is 0 Å². The van der Waals surface area contributed by atoms with E-state index in [0.717, 1.165) is 0 Å². The molecule has 0 amide bonds. The van der Waals surface area contributed by atoms with E-state index >= 15 is 0 Å². The van der Waals surface area contributed by atoms with E-state index in [1.54, 1.807) is 7.11 Å². The van der Waals surface area contributed by atoms with Crippen molar-refractivity contribution in [3.8, 4) is 0 Å². The Labute approximate surface area is 74.5 Å². The molecule has 0 aliphatic carbocycles. The lowest BCUT2D eigenvalue weighted by atomic mass is 10.0. The zero-order valence-corrected chi connectivity index (χ0v) is 7.04. The van der Waals surface area contributed by atoms with Crippen LogP contribution in [0.15, 0.2) is 0 Å². The van der Waals surface area contributed by atoms with Crippen LogP contribution in [0.25, 0.3) is 0 Å². The monoisotopic (exact) mass is 186 g/mol. The van der Waals surface area contributed by atoms with Gasteiger partial charge in [-0.05, 0) is 0 Å². The summed E-state index contributed by atoms with van der Waals surface area (Å²) in [5, 5.41) is 9.73. The first-order chi connectivity index (χ1) is 6.28. The van der Waals surface area contributed by atoms with Crippen molar-refractivity contribution in [2.45, 2.75) is 42.4 Å². The van der Waals surface area contributed by atoms with Crippen LogP contribution < -0.4 is 0 Å².